The number of hydrogen-bond acceptors (Lipinski definition) is 3. The first-order valence-corrected chi connectivity index (χ1v) is 6.42. The maximum Gasteiger partial charge on any atom is 0.299 e. The molecule has 0 saturated heterocycles. The van der Waals surface area contributed by atoms with Gasteiger partial charge in [0.15, 0.2) is 0 Å². The van der Waals surface area contributed by atoms with Crippen LogP contribution in [0.4, 0.5) is 5.69 Å². The number of Topliss-reactive ketones (excluding diaryl/α,β-unsaturated/α-hetero) is 1. The fourth-order valence-electron chi connectivity index (χ4n) is 2.61. The van der Waals surface area contributed by atoms with Crippen LogP contribution in [0.25, 0.3) is 0 Å². The summed E-state index contributed by atoms with van der Waals surface area (Å²) in [5.74, 6) is -0.873. The van der Waals surface area contributed by atoms with E-state index in [9.17, 15) is 9.59 Å². The largest absolute Gasteiger partial charge is 0.336 e. The van der Waals surface area contributed by atoms with Crippen molar-refractivity contribution >= 4 is 17.4 Å². The number of ketones is 1. The van der Waals surface area contributed by atoms with Crippen LogP contribution in [0.3, 0.4) is 0 Å². The van der Waals surface area contributed by atoms with E-state index in [-0.39, 0.29) is 0 Å². The minimum atomic E-state index is -0.460. The molecule has 2 heterocycles. The molecule has 20 heavy (non-hydrogen) atoms. The predicted octanol–water partition coefficient (Wildman–Crippen LogP) is 1.77. The Morgan fingerprint density at radius 2 is 1.85 bits per heavy atom. The number of benzene rings is 1. The molecule has 0 bridgehead atoms. The number of amides is 1. The molecule has 0 N–H and O–H groups in total. The van der Waals surface area contributed by atoms with E-state index >= 15 is 0 Å². The number of carbonyl (C=O) groups is 2. The number of fused-ring (bicyclic) bond motifs is 1. The summed E-state index contributed by atoms with van der Waals surface area (Å²) in [6.45, 7) is 4.13. The van der Waals surface area contributed by atoms with Gasteiger partial charge in [0, 0.05) is 13.2 Å². The molecule has 1 aliphatic heterocycles. The van der Waals surface area contributed by atoms with E-state index in [1.165, 1.54) is 0 Å². The standard InChI is InChI=1S/C15H15N3O2/c1-9-4-5-10(2)13-12(9)14(19)15(20)18(13)7-11-6-16-8-17(11)3/h4-6,8H,7H2,1-3H3. The van der Waals surface area contributed by atoms with E-state index in [0.29, 0.717) is 12.1 Å². The lowest BCUT2D eigenvalue weighted by Gasteiger charge is -2.18. The maximum absolute atomic E-state index is 12.3. The number of carbonyl (C=O) groups excluding carboxylic acids is 2. The molecule has 2 aromatic rings. The highest BCUT2D eigenvalue weighted by molar-refractivity contribution is 6.52. The monoisotopic (exact) mass is 269 g/mol. The van der Waals surface area contributed by atoms with Crippen LogP contribution >= 0.6 is 0 Å². The summed E-state index contributed by atoms with van der Waals surface area (Å²) in [5.41, 5.74) is 3.95. The summed E-state index contributed by atoms with van der Waals surface area (Å²) in [5, 5.41) is 0. The number of nitrogens with zero attached hydrogens (tertiary/aromatic N) is 3. The number of anilines is 1. The molecule has 0 atom stereocenters. The average molecular weight is 269 g/mol. The third-order valence-corrected chi connectivity index (χ3v) is 3.76. The van der Waals surface area contributed by atoms with Crippen LogP contribution < -0.4 is 4.90 Å². The highest BCUT2D eigenvalue weighted by Crippen LogP contribution is 2.35. The molecule has 0 spiro atoms. The van der Waals surface area contributed by atoms with E-state index < -0.39 is 11.7 Å². The van der Waals surface area contributed by atoms with Gasteiger partial charge in [-0.15, -0.1) is 0 Å². The lowest BCUT2D eigenvalue weighted by molar-refractivity contribution is -0.114. The van der Waals surface area contributed by atoms with Crippen LogP contribution in [0.5, 0.6) is 0 Å². The molecule has 0 aliphatic carbocycles. The Balaban J connectivity index is 2.11. The molecule has 1 aromatic carbocycles. The van der Waals surface area contributed by atoms with E-state index in [2.05, 4.69) is 4.98 Å². The summed E-state index contributed by atoms with van der Waals surface area (Å²) >= 11 is 0. The molecular weight excluding hydrogens is 254 g/mol. The highest BCUT2D eigenvalue weighted by atomic mass is 16.2. The number of rotatable bonds is 2. The molecule has 1 amide bonds. The second kappa shape index (κ2) is 4.30. The van der Waals surface area contributed by atoms with Gasteiger partial charge in [-0.3, -0.25) is 14.5 Å². The fourth-order valence-corrected chi connectivity index (χ4v) is 2.61. The Morgan fingerprint density at radius 1 is 1.15 bits per heavy atom. The second-order valence-corrected chi connectivity index (χ2v) is 5.14. The second-order valence-electron chi connectivity index (χ2n) is 5.14. The fraction of sp³-hybridized carbons (Fsp3) is 0.267. The first-order valence-electron chi connectivity index (χ1n) is 6.42. The molecule has 0 fully saturated rings. The average Bonchev–Trinajstić information content (AvgIpc) is 2.92. The first kappa shape index (κ1) is 12.6. The Labute approximate surface area is 116 Å². The number of aromatic nitrogens is 2. The van der Waals surface area contributed by atoms with Gasteiger partial charge >= 0.3 is 0 Å². The van der Waals surface area contributed by atoms with Crippen LogP contribution in [0.2, 0.25) is 0 Å². The molecular formula is C15H15N3O2. The first-order chi connectivity index (χ1) is 9.50. The molecule has 5 nitrogen and oxygen atoms in total. The molecule has 0 radical (unpaired) electrons. The number of hydrogen-bond donors (Lipinski definition) is 0. The van der Waals surface area contributed by atoms with Crippen LogP contribution in [0.15, 0.2) is 24.7 Å². The molecule has 0 saturated carbocycles. The Bertz CT molecular complexity index is 731. The van der Waals surface area contributed by atoms with E-state index in [1.54, 1.807) is 17.4 Å². The van der Waals surface area contributed by atoms with Crippen LogP contribution in [0, 0.1) is 13.8 Å². The summed E-state index contributed by atoms with van der Waals surface area (Å²) < 4.78 is 1.85. The summed E-state index contributed by atoms with van der Waals surface area (Å²) in [6.07, 6.45) is 3.39. The maximum atomic E-state index is 12.3. The Kier molecular flexibility index (Phi) is 2.71. The van der Waals surface area contributed by atoms with Crippen LogP contribution in [0.1, 0.15) is 27.2 Å². The van der Waals surface area contributed by atoms with Gasteiger partial charge in [-0.25, -0.2) is 4.98 Å². The quantitative estimate of drug-likeness (QED) is 0.781. The normalized spacial score (nSPS) is 14.1. The Hall–Kier alpha value is -2.43. The molecule has 0 unspecified atom stereocenters. The van der Waals surface area contributed by atoms with Gasteiger partial charge in [-0.2, -0.15) is 0 Å². The highest BCUT2D eigenvalue weighted by Gasteiger charge is 2.38. The van der Waals surface area contributed by atoms with Crippen molar-refractivity contribution in [1.29, 1.82) is 0 Å². The predicted molar refractivity (Wildman–Crippen MR) is 74.6 cm³/mol. The molecule has 3 rings (SSSR count). The van der Waals surface area contributed by atoms with Crippen molar-refractivity contribution in [3.8, 4) is 0 Å². The van der Waals surface area contributed by atoms with E-state index in [4.69, 9.17) is 0 Å². The van der Waals surface area contributed by atoms with Crippen LogP contribution in [-0.2, 0) is 18.4 Å². The van der Waals surface area contributed by atoms with Crippen molar-refractivity contribution in [2.45, 2.75) is 20.4 Å². The molecule has 5 heteroatoms. The van der Waals surface area contributed by atoms with Gasteiger partial charge in [0.2, 0.25) is 0 Å². The Morgan fingerprint density at radius 3 is 2.50 bits per heavy atom. The van der Waals surface area contributed by atoms with Crippen molar-refractivity contribution in [3.05, 3.63) is 47.0 Å². The SMILES string of the molecule is Cc1ccc(C)c2c1C(=O)C(=O)N2Cc1cncn1C. The van der Waals surface area contributed by atoms with Gasteiger partial charge in [-0.05, 0) is 25.0 Å². The summed E-state index contributed by atoms with van der Waals surface area (Å²) in [7, 11) is 1.87. The zero-order valence-electron chi connectivity index (χ0n) is 11.7. The number of aryl methyl sites for hydroxylation is 3. The van der Waals surface area contributed by atoms with Crippen molar-refractivity contribution < 1.29 is 9.59 Å². The lowest BCUT2D eigenvalue weighted by atomic mass is 10.0. The minimum Gasteiger partial charge on any atom is -0.336 e. The zero-order valence-corrected chi connectivity index (χ0v) is 11.7. The van der Waals surface area contributed by atoms with E-state index in [0.717, 1.165) is 22.5 Å². The molecule has 1 aromatic heterocycles. The van der Waals surface area contributed by atoms with Crippen molar-refractivity contribution in [3.63, 3.8) is 0 Å². The van der Waals surface area contributed by atoms with E-state index in [1.807, 2.05) is 37.6 Å². The third-order valence-electron chi connectivity index (χ3n) is 3.76. The van der Waals surface area contributed by atoms with Gasteiger partial charge in [0.1, 0.15) is 0 Å². The smallest absolute Gasteiger partial charge is 0.299 e. The molecule has 102 valence electrons. The zero-order chi connectivity index (χ0) is 14.4. The third kappa shape index (κ3) is 1.66. The van der Waals surface area contributed by atoms with Crippen molar-refractivity contribution in [2.24, 2.45) is 7.05 Å². The van der Waals surface area contributed by atoms with Crippen molar-refractivity contribution in [2.75, 3.05) is 4.90 Å². The topological polar surface area (TPSA) is 55.2 Å². The van der Waals surface area contributed by atoms with Gasteiger partial charge < -0.3 is 4.57 Å². The van der Waals surface area contributed by atoms with Gasteiger partial charge in [0.25, 0.3) is 11.7 Å². The summed E-state index contributed by atoms with van der Waals surface area (Å²) in [6, 6.07) is 3.82. The summed E-state index contributed by atoms with van der Waals surface area (Å²) in [4.78, 5) is 30.0. The lowest BCUT2D eigenvalue weighted by Crippen LogP contribution is -2.30. The number of imidazole rings is 1. The molecule has 1 aliphatic rings. The van der Waals surface area contributed by atoms with Gasteiger partial charge in [0.05, 0.1) is 29.8 Å². The van der Waals surface area contributed by atoms with Crippen molar-refractivity contribution in [1.82, 2.24) is 9.55 Å². The van der Waals surface area contributed by atoms with Crippen LogP contribution in [-0.4, -0.2) is 21.2 Å². The minimum absolute atomic E-state index is 0.359. The van der Waals surface area contributed by atoms with Gasteiger partial charge in [-0.1, -0.05) is 12.1 Å².